The molecule has 2 aliphatic rings. The number of hydrogen-bond acceptors (Lipinski definition) is 7. The number of esters is 1. The van der Waals surface area contributed by atoms with Crippen molar-refractivity contribution in [2.24, 2.45) is 0 Å². The van der Waals surface area contributed by atoms with Crippen LogP contribution in [0.2, 0.25) is 0 Å². The van der Waals surface area contributed by atoms with Gasteiger partial charge in [-0.15, -0.1) is 0 Å². The third-order valence-corrected chi connectivity index (χ3v) is 7.40. The van der Waals surface area contributed by atoms with Gasteiger partial charge in [-0.2, -0.15) is 0 Å². The minimum atomic E-state index is -0.591. The number of methoxy groups -OCH3 is 2. The summed E-state index contributed by atoms with van der Waals surface area (Å²) in [7, 11) is 3.21. The van der Waals surface area contributed by atoms with Crippen LogP contribution < -0.4 is 19.5 Å². The Balaban J connectivity index is 1.81. The quantitative estimate of drug-likeness (QED) is 0.385. The zero-order valence-electron chi connectivity index (χ0n) is 23.9. The molecule has 0 aromatic heterocycles. The lowest BCUT2D eigenvalue weighted by Gasteiger charge is -2.37. The van der Waals surface area contributed by atoms with Gasteiger partial charge in [-0.05, 0) is 70.2 Å². The summed E-state index contributed by atoms with van der Waals surface area (Å²) in [5.41, 5.74) is 4.35. The van der Waals surface area contributed by atoms with Crippen LogP contribution in [0, 0.1) is 0 Å². The summed E-state index contributed by atoms with van der Waals surface area (Å²) in [6.07, 6.45) is 1.31. The lowest BCUT2D eigenvalue weighted by Crippen LogP contribution is -2.36. The number of para-hydroxylation sites is 1. The first-order chi connectivity index (χ1) is 18.7. The highest BCUT2D eigenvalue weighted by atomic mass is 16.5. The van der Waals surface area contributed by atoms with Gasteiger partial charge in [-0.25, -0.2) is 4.79 Å². The van der Waals surface area contributed by atoms with E-state index in [2.05, 4.69) is 5.32 Å². The van der Waals surface area contributed by atoms with E-state index in [4.69, 9.17) is 18.9 Å². The maximum atomic E-state index is 14.0. The van der Waals surface area contributed by atoms with Crippen molar-refractivity contribution in [2.75, 3.05) is 14.2 Å². The highest BCUT2D eigenvalue weighted by molar-refractivity contribution is 6.04. The molecule has 1 heterocycles. The molecule has 4 rings (SSSR count). The molecule has 7 heteroatoms. The summed E-state index contributed by atoms with van der Waals surface area (Å²) in [4.78, 5) is 27.6. The van der Waals surface area contributed by atoms with Gasteiger partial charge in [0.2, 0.25) is 0 Å². The number of hydrogen-bond donors (Lipinski definition) is 1. The van der Waals surface area contributed by atoms with Crippen LogP contribution in [-0.2, 0) is 14.3 Å². The summed E-state index contributed by atoms with van der Waals surface area (Å²) in [5, 5.41) is 3.42. The number of allylic oxidation sites excluding steroid dienone is 3. The second-order valence-corrected chi connectivity index (χ2v) is 10.5. The Bertz CT molecular complexity index is 1310. The first kappa shape index (κ1) is 28.3. The van der Waals surface area contributed by atoms with Gasteiger partial charge in [-0.3, -0.25) is 4.79 Å². The molecule has 1 aliphatic carbocycles. The van der Waals surface area contributed by atoms with Gasteiger partial charge in [0, 0.05) is 29.0 Å². The van der Waals surface area contributed by atoms with Crippen molar-refractivity contribution in [2.45, 2.75) is 77.9 Å². The molecule has 0 saturated carbocycles. The van der Waals surface area contributed by atoms with Crippen molar-refractivity contribution >= 4 is 11.8 Å². The van der Waals surface area contributed by atoms with E-state index < -0.39 is 11.9 Å². The summed E-state index contributed by atoms with van der Waals surface area (Å²) in [6.45, 7) is 9.64. The lowest BCUT2D eigenvalue weighted by molar-refractivity contribution is -0.144. The molecule has 0 amide bonds. The number of carbonyl (C=O) groups excluding carboxylic acids is 2. The molecular formula is C32H39NO6. The Morgan fingerprint density at radius 2 is 1.72 bits per heavy atom. The molecule has 39 heavy (non-hydrogen) atoms. The van der Waals surface area contributed by atoms with E-state index in [1.54, 1.807) is 14.2 Å². The zero-order chi connectivity index (χ0) is 28.3. The van der Waals surface area contributed by atoms with Crippen molar-refractivity contribution in [1.29, 1.82) is 0 Å². The smallest absolute Gasteiger partial charge is 0.337 e. The minimum absolute atomic E-state index is 0.00535. The number of carbonyl (C=O) groups is 2. The third kappa shape index (κ3) is 5.82. The fourth-order valence-corrected chi connectivity index (χ4v) is 5.37. The van der Waals surface area contributed by atoms with Gasteiger partial charge in [0.1, 0.15) is 5.75 Å². The fraction of sp³-hybridized carbons (Fsp3) is 0.438. The van der Waals surface area contributed by atoms with Crippen LogP contribution in [0.5, 0.6) is 17.2 Å². The van der Waals surface area contributed by atoms with Gasteiger partial charge in [-0.1, -0.05) is 31.2 Å². The number of dihydropyridines is 1. The lowest BCUT2D eigenvalue weighted by atomic mass is 9.71. The highest BCUT2D eigenvalue weighted by Crippen LogP contribution is 2.48. The summed E-state index contributed by atoms with van der Waals surface area (Å²) in [6, 6.07) is 13.4. The third-order valence-electron chi connectivity index (χ3n) is 7.40. The van der Waals surface area contributed by atoms with Gasteiger partial charge in [0.05, 0.1) is 37.9 Å². The van der Waals surface area contributed by atoms with Crippen LogP contribution >= 0.6 is 0 Å². The standard InChI is InChI=1S/C32H39NO6/c1-8-19(4)39-32(35)29-20(5)33-24-15-22(21-13-14-27(36-6)28(17-21)37-7)16-25(34)31(24)30(29)23-11-9-10-12-26(23)38-18(2)3/h9-14,17-19,22,30,33H,8,15-16H2,1-7H3. The van der Waals surface area contributed by atoms with Gasteiger partial charge >= 0.3 is 5.97 Å². The number of rotatable bonds is 9. The predicted octanol–water partition coefficient (Wildman–Crippen LogP) is 6.19. The maximum Gasteiger partial charge on any atom is 0.337 e. The SMILES string of the molecule is CCC(C)OC(=O)C1=C(C)NC2=C(C(=O)CC(c3ccc(OC)c(OC)c3)C2)C1c1ccccc1OC(C)C. The normalized spacial score (nSPS) is 19.8. The van der Waals surface area contributed by atoms with Crippen LogP contribution in [0.1, 0.15) is 76.8 Å². The molecule has 3 atom stereocenters. The van der Waals surface area contributed by atoms with Crippen molar-refractivity contribution < 1.29 is 28.5 Å². The number of ether oxygens (including phenoxy) is 4. The second-order valence-electron chi connectivity index (χ2n) is 10.5. The molecule has 1 N–H and O–H groups in total. The molecule has 2 aromatic rings. The maximum absolute atomic E-state index is 14.0. The number of ketones is 1. The van der Waals surface area contributed by atoms with Crippen molar-refractivity contribution in [3.63, 3.8) is 0 Å². The molecule has 208 valence electrons. The molecule has 0 fully saturated rings. The molecule has 0 radical (unpaired) electrons. The van der Waals surface area contributed by atoms with E-state index >= 15 is 0 Å². The van der Waals surface area contributed by atoms with E-state index in [0.29, 0.717) is 53.4 Å². The van der Waals surface area contributed by atoms with E-state index in [9.17, 15) is 9.59 Å². The largest absolute Gasteiger partial charge is 0.493 e. The molecule has 0 spiro atoms. The molecule has 0 bridgehead atoms. The Kier molecular flexibility index (Phi) is 8.68. The molecule has 2 aromatic carbocycles. The second kappa shape index (κ2) is 12.0. The topological polar surface area (TPSA) is 83.1 Å². The van der Waals surface area contributed by atoms with Crippen LogP contribution in [0.25, 0.3) is 0 Å². The molecule has 0 saturated heterocycles. The van der Waals surface area contributed by atoms with Crippen LogP contribution in [0.15, 0.2) is 65.0 Å². The van der Waals surface area contributed by atoms with Crippen molar-refractivity contribution in [3.8, 4) is 17.2 Å². The van der Waals surface area contributed by atoms with Crippen molar-refractivity contribution in [1.82, 2.24) is 5.32 Å². The molecule has 3 unspecified atom stereocenters. The monoisotopic (exact) mass is 533 g/mol. The van der Waals surface area contributed by atoms with E-state index in [0.717, 1.165) is 16.8 Å². The van der Waals surface area contributed by atoms with Gasteiger partial charge in [0.25, 0.3) is 0 Å². The first-order valence-electron chi connectivity index (χ1n) is 13.6. The average molecular weight is 534 g/mol. The predicted molar refractivity (Wildman–Crippen MR) is 150 cm³/mol. The molecule has 7 nitrogen and oxygen atoms in total. The van der Waals surface area contributed by atoms with Crippen LogP contribution in [0.3, 0.4) is 0 Å². The van der Waals surface area contributed by atoms with E-state index in [-0.39, 0.29) is 23.9 Å². The number of nitrogens with one attached hydrogen (secondary N) is 1. The average Bonchev–Trinajstić information content (AvgIpc) is 2.91. The molecule has 1 aliphatic heterocycles. The summed E-state index contributed by atoms with van der Waals surface area (Å²) < 4.78 is 22.9. The van der Waals surface area contributed by atoms with E-state index in [1.807, 2.05) is 77.1 Å². The van der Waals surface area contributed by atoms with Crippen molar-refractivity contribution in [3.05, 3.63) is 76.1 Å². The van der Waals surface area contributed by atoms with E-state index in [1.165, 1.54) is 0 Å². The Morgan fingerprint density at radius 3 is 2.38 bits per heavy atom. The number of benzene rings is 2. The minimum Gasteiger partial charge on any atom is -0.493 e. The fourth-order valence-electron chi connectivity index (χ4n) is 5.37. The van der Waals surface area contributed by atoms with Gasteiger partial charge in [0.15, 0.2) is 17.3 Å². The highest BCUT2D eigenvalue weighted by Gasteiger charge is 2.42. The first-order valence-corrected chi connectivity index (χ1v) is 13.6. The van der Waals surface area contributed by atoms with Crippen LogP contribution in [-0.4, -0.2) is 38.2 Å². The summed E-state index contributed by atoms with van der Waals surface area (Å²) >= 11 is 0. The van der Waals surface area contributed by atoms with Crippen LogP contribution in [0.4, 0.5) is 0 Å². The van der Waals surface area contributed by atoms with Gasteiger partial charge < -0.3 is 24.3 Å². The molecular weight excluding hydrogens is 494 g/mol. The zero-order valence-corrected chi connectivity index (χ0v) is 23.9. The Hall–Kier alpha value is -3.74. The Morgan fingerprint density at radius 1 is 1.00 bits per heavy atom. The Labute approximate surface area is 231 Å². The number of Topliss-reactive ketones (excluding diaryl/α,β-unsaturated/α-hetero) is 1. The summed E-state index contributed by atoms with van der Waals surface area (Å²) in [5.74, 6) is 0.864.